The van der Waals surface area contributed by atoms with Crippen molar-refractivity contribution in [3.8, 4) is 0 Å². The molecule has 0 aliphatic heterocycles. The van der Waals surface area contributed by atoms with Crippen LogP contribution < -0.4 is 0 Å². The van der Waals surface area contributed by atoms with E-state index in [0.717, 1.165) is 11.1 Å². The zero-order chi connectivity index (χ0) is 19.5. The monoisotopic (exact) mass is 367 g/mol. The Morgan fingerprint density at radius 3 is 2.15 bits per heavy atom. The van der Waals surface area contributed by atoms with Gasteiger partial charge in [0.05, 0.1) is 6.61 Å². The zero-order valence-corrected chi connectivity index (χ0v) is 15.5. The van der Waals surface area contributed by atoms with E-state index in [0.29, 0.717) is 6.42 Å². The lowest BCUT2D eigenvalue weighted by molar-refractivity contribution is -0.148. The van der Waals surface area contributed by atoms with E-state index in [1.807, 2.05) is 60.7 Å². The first-order chi connectivity index (χ1) is 13.2. The second-order valence-electron chi connectivity index (χ2n) is 5.94. The van der Waals surface area contributed by atoms with Crippen molar-refractivity contribution < 1.29 is 19.1 Å². The Morgan fingerprint density at radius 1 is 1.00 bits per heavy atom. The summed E-state index contributed by atoms with van der Waals surface area (Å²) < 4.78 is 10.6. The van der Waals surface area contributed by atoms with Crippen LogP contribution in [0.5, 0.6) is 0 Å². The van der Waals surface area contributed by atoms with Crippen molar-refractivity contribution in [3.63, 3.8) is 0 Å². The topological polar surface area (TPSA) is 55.8 Å². The zero-order valence-electron chi connectivity index (χ0n) is 15.5. The Bertz CT molecular complexity index is 730. The summed E-state index contributed by atoms with van der Waals surface area (Å²) in [6, 6.07) is 18.1. The Labute approximate surface area is 160 Å². The number of carbonyl (C=O) groups excluding carboxylic acids is 2. The molecule has 0 fully saturated rings. The number of carbonyl (C=O) groups is 2. The Hall–Kier alpha value is -3.08. The van der Waals surface area contributed by atoms with Gasteiger partial charge in [-0.1, -0.05) is 66.7 Å². The molecule has 0 saturated heterocycles. The number of nitrogens with zero attached hydrogens (tertiary/aromatic N) is 1. The summed E-state index contributed by atoms with van der Waals surface area (Å²) in [6.07, 6.45) is 1.34. The molecule has 5 heteroatoms. The molecule has 0 spiro atoms. The van der Waals surface area contributed by atoms with Crippen LogP contribution >= 0.6 is 0 Å². The number of esters is 1. The molecule has 0 aliphatic rings. The number of hydrogen-bond acceptors (Lipinski definition) is 4. The second-order valence-corrected chi connectivity index (χ2v) is 5.94. The van der Waals surface area contributed by atoms with Crippen molar-refractivity contribution in [2.24, 2.45) is 0 Å². The van der Waals surface area contributed by atoms with Gasteiger partial charge in [-0.25, -0.2) is 9.59 Å². The van der Waals surface area contributed by atoms with E-state index in [1.54, 1.807) is 13.0 Å². The van der Waals surface area contributed by atoms with E-state index in [4.69, 9.17) is 9.47 Å². The number of ether oxygens (including phenoxy) is 2. The molecule has 1 unspecified atom stereocenters. The van der Waals surface area contributed by atoms with E-state index in [9.17, 15) is 9.59 Å². The number of amides is 1. The molecule has 2 aromatic carbocycles. The molecule has 1 amide bonds. The molecule has 0 saturated carbocycles. The molecule has 1 atom stereocenters. The van der Waals surface area contributed by atoms with Crippen LogP contribution in [0, 0.1) is 0 Å². The predicted octanol–water partition coefficient (Wildman–Crippen LogP) is 3.99. The minimum atomic E-state index is -0.784. The van der Waals surface area contributed by atoms with E-state index < -0.39 is 18.1 Å². The smallest absolute Gasteiger partial charge is 0.411 e. The molecule has 142 valence electrons. The van der Waals surface area contributed by atoms with E-state index >= 15 is 0 Å². The van der Waals surface area contributed by atoms with Crippen molar-refractivity contribution in [3.05, 3.63) is 84.4 Å². The van der Waals surface area contributed by atoms with Crippen LogP contribution in [0.25, 0.3) is 0 Å². The highest BCUT2D eigenvalue weighted by atomic mass is 16.6. The maximum absolute atomic E-state index is 12.7. The summed E-state index contributed by atoms with van der Waals surface area (Å²) in [4.78, 5) is 26.6. The summed E-state index contributed by atoms with van der Waals surface area (Å²) >= 11 is 0. The van der Waals surface area contributed by atoms with E-state index in [2.05, 4.69) is 6.58 Å². The van der Waals surface area contributed by atoms with Crippen LogP contribution in [0.4, 0.5) is 4.79 Å². The lowest BCUT2D eigenvalue weighted by atomic mass is 10.0. The Balaban J connectivity index is 2.16. The van der Waals surface area contributed by atoms with Gasteiger partial charge in [-0.15, -0.1) is 6.58 Å². The first-order valence-electron chi connectivity index (χ1n) is 8.94. The standard InChI is InChI=1S/C22H25NO4/c1-3-15-23(22(25)27-17-19-13-9-6-10-14-19)20(21(24)26-4-2)16-18-11-7-5-8-12-18/h3,5-14,20H,1,4,15-17H2,2H3. The van der Waals surface area contributed by atoms with Crippen LogP contribution in [0.15, 0.2) is 73.3 Å². The van der Waals surface area contributed by atoms with Gasteiger partial charge in [0.2, 0.25) is 0 Å². The summed E-state index contributed by atoms with van der Waals surface area (Å²) in [5.41, 5.74) is 1.81. The van der Waals surface area contributed by atoms with Crippen LogP contribution in [-0.2, 0) is 27.3 Å². The summed E-state index contributed by atoms with van der Waals surface area (Å²) in [5, 5.41) is 0. The van der Waals surface area contributed by atoms with Gasteiger partial charge in [-0.05, 0) is 18.1 Å². The molecule has 27 heavy (non-hydrogen) atoms. The van der Waals surface area contributed by atoms with Gasteiger partial charge in [0.15, 0.2) is 0 Å². The summed E-state index contributed by atoms with van der Waals surface area (Å²) in [6.45, 7) is 5.99. The van der Waals surface area contributed by atoms with E-state index in [1.165, 1.54) is 4.90 Å². The number of hydrogen-bond donors (Lipinski definition) is 0. The van der Waals surface area contributed by atoms with Crippen molar-refractivity contribution >= 4 is 12.1 Å². The lowest BCUT2D eigenvalue weighted by Crippen LogP contribution is -2.47. The third kappa shape index (κ3) is 6.29. The largest absolute Gasteiger partial charge is 0.464 e. The molecular formula is C22H25NO4. The van der Waals surface area contributed by atoms with Crippen molar-refractivity contribution in [2.75, 3.05) is 13.2 Å². The SMILES string of the molecule is C=CCN(C(=O)OCc1ccccc1)C(Cc1ccccc1)C(=O)OCC. The fraction of sp³-hybridized carbons (Fsp3) is 0.273. The maximum atomic E-state index is 12.7. The van der Waals surface area contributed by atoms with Crippen molar-refractivity contribution in [2.45, 2.75) is 26.0 Å². The maximum Gasteiger partial charge on any atom is 0.411 e. The van der Waals surface area contributed by atoms with Crippen LogP contribution in [0.3, 0.4) is 0 Å². The third-order valence-corrected chi connectivity index (χ3v) is 3.97. The van der Waals surface area contributed by atoms with Crippen molar-refractivity contribution in [1.29, 1.82) is 0 Å². The minimum absolute atomic E-state index is 0.133. The first-order valence-corrected chi connectivity index (χ1v) is 8.94. The molecule has 0 bridgehead atoms. The summed E-state index contributed by atoms with van der Waals surface area (Å²) in [5.74, 6) is -0.458. The molecule has 5 nitrogen and oxygen atoms in total. The Morgan fingerprint density at radius 2 is 1.59 bits per heavy atom. The highest BCUT2D eigenvalue weighted by molar-refractivity contribution is 5.82. The average Bonchev–Trinajstić information content (AvgIpc) is 2.70. The van der Waals surface area contributed by atoms with Gasteiger partial charge in [-0.3, -0.25) is 4.90 Å². The fourth-order valence-corrected chi connectivity index (χ4v) is 2.67. The molecule has 0 heterocycles. The van der Waals surface area contributed by atoms with Crippen LogP contribution in [0.1, 0.15) is 18.1 Å². The average molecular weight is 367 g/mol. The summed E-state index contributed by atoms with van der Waals surface area (Å²) in [7, 11) is 0. The normalized spacial score (nSPS) is 11.3. The van der Waals surface area contributed by atoms with Gasteiger partial charge in [0, 0.05) is 13.0 Å². The molecular weight excluding hydrogens is 342 g/mol. The second kappa shape index (κ2) is 10.8. The first kappa shape index (κ1) is 20.2. The molecule has 0 aliphatic carbocycles. The van der Waals surface area contributed by atoms with Crippen LogP contribution in [-0.4, -0.2) is 36.2 Å². The van der Waals surface area contributed by atoms with Crippen LogP contribution in [0.2, 0.25) is 0 Å². The number of rotatable bonds is 9. The molecule has 0 N–H and O–H groups in total. The third-order valence-electron chi connectivity index (χ3n) is 3.97. The number of benzene rings is 2. The van der Waals surface area contributed by atoms with Gasteiger partial charge in [0.1, 0.15) is 12.6 Å². The lowest BCUT2D eigenvalue weighted by Gasteiger charge is -2.28. The minimum Gasteiger partial charge on any atom is -0.464 e. The predicted molar refractivity (Wildman–Crippen MR) is 104 cm³/mol. The fourth-order valence-electron chi connectivity index (χ4n) is 2.67. The van der Waals surface area contributed by atoms with Gasteiger partial charge in [0.25, 0.3) is 0 Å². The molecule has 0 aromatic heterocycles. The van der Waals surface area contributed by atoms with Crippen molar-refractivity contribution in [1.82, 2.24) is 4.90 Å². The van der Waals surface area contributed by atoms with Gasteiger partial charge < -0.3 is 9.47 Å². The Kier molecular flexibility index (Phi) is 8.10. The molecule has 2 aromatic rings. The highest BCUT2D eigenvalue weighted by Gasteiger charge is 2.31. The van der Waals surface area contributed by atoms with Gasteiger partial charge in [-0.2, -0.15) is 0 Å². The van der Waals surface area contributed by atoms with Gasteiger partial charge >= 0.3 is 12.1 Å². The molecule has 2 rings (SSSR count). The highest BCUT2D eigenvalue weighted by Crippen LogP contribution is 2.14. The quantitative estimate of drug-likeness (QED) is 0.497. The molecule has 0 radical (unpaired) electrons. The van der Waals surface area contributed by atoms with E-state index in [-0.39, 0.29) is 19.8 Å².